The van der Waals surface area contributed by atoms with E-state index in [4.69, 9.17) is 10.00 Å². The van der Waals surface area contributed by atoms with Crippen molar-refractivity contribution in [2.24, 2.45) is 0 Å². The highest BCUT2D eigenvalue weighted by molar-refractivity contribution is 5.90. The van der Waals surface area contributed by atoms with Crippen molar-refractivity contribution >= 4 is 16.7 Å². The zero-order valence-corrected chi connectivity index (χ0v) is 19.3. The SMILES string of the molecule is CCC1CC(F)CN1CC.COc1nc(N2CCNC(CC#N)C2)c2ccc(F)c(F)c2n1. The van der Waals surface area contributed by atoms with E-state index >= 15 is 0 Å². The minimum absolute atomic E-state index is 0.00458. The van der Waals surface area contributed by atoms with Crippen molar-refractivity contribution in [3.8, 4) is 12.1 Å². The summed E-state index contributed by atoms with van der Waals surface area (Å²) in [7, 11) is 1.37. The van der Waals surface area contributed by atoms with Gasteiger partial charge in [-0.2, -0.15) is 15.2 Å². The first-order chi connectivity index (χ1) is 15.9. The summed E-state index contributed by atoms with van der Waals surface area (Å²) in [4.78, 5) is 12.4. The van der Waals surface area contributed by atoms with Crippen LogP contribution in [0.3, 0.4) is 0 Å². The largest absolute Gasteiger partial charge is 0.467 e. The number of nitrogens with zero attached hydrogens (tertiary/aromatic N) is 5. The van der Waals surface area contributed by atoms with Crippen molar-refractivity contribution in [2.45, 2.75) is 51.4 Å². The summed E-state index contributed by atoms with van der Waals surface area (Å²) in [6.45, 7) is 7.74. The summed E-state index contributed by atoms with van der Waals surface area (Å²) in [6, 6.07) is 5.14. The van der Waals surface area contributed by atoms with E-state index in [2.05, 4.69) is 40.1 Å². The maximum Gasteiger partial charge on any atom is 0.318 e. The Balaban J connectivity index is 0.000000257. The molecule has 1 N–H and O–H groups in total. The van der Waals surface area contributed by atoms with Gasteiger partial charge in [-0.1, -0.05) is 13.8 Å². The lowest BCUT2D eigenvalue weighted by atomic mass is 10.1. The zero-order chi connectivity index (χ0) is 24.0. The normalized spacial score (nSPS) is 23.2. The lowest BCUT2D eigenvalue weighted by Gasteiger charge is -2.34. The Bertz CT molecular complexity index is 973. The fraction of sp³-hybridized carbons (Fsp3) is 0.609. The molecule has 180 valence electrons. The van der Waals surface area contributed by atoms with Gasteiger partial charge >= 0.3 is 6.01 Å². The molecule has 2 aliphatic rings. The summed E-state index contributed by atoms with van der Waals surface area (Å²) in [6.07, 6.45) is 1.64. The molecule has 1 aromatic heterocycles. The maximum atomic E-state index is 14.1. The van der Waals surface area contributed by atoms with Gasteiger partial charge in [0.25, 0.3) is 0 Å². The fourth-order valence-electron chi connectivity index (χ4n) is 4.43. The van der Waals surface area contributed by atoms with E-state index in [1.807, 2.05) is 4.90 Å². The van der Waals surface area contributed by atoms with Crippen molar-refractivity contribution in [2.75, 3.05) is 44.7 Å². The Labute approximate surface area is 192 Å². The summed E-state index contributed by atoms with van der Waals surface area (Å²) in [5.41, 5.74) is -0.109. The van der Waals surface area contributed by atoms with Gasteiger partial charge in [0.1, 0.15) is 17.5 Å². The number of nitriles is 1. The maximum absolute atomic E-state index is 14.1. The quantitative estimate of drug-likeness (QED) is 0.726. The lowest BCUT2D eigenvalue weighted by Crippen LogP contribution is -2.50. The molecule has 2 fully saturated rings. The van der Waals surface area contributed by atoms with Crippen LogP contribution < -0.4 is 15.0 Å². The lowest BCUT2D eigenvalue weighted by molar-refractivity contribution is 0.251. The summed E-state index contributed by atoms with van der Waals surface area (Å²) >= 11 is 0. The third-order valence-electron chi connectivity index (χ3n) is 6.15. The molecule has 0 aliphatic carbocycles. The molecule has 4 rings (SSSR count). The average molecular weight is 465 g/mol. The fourth-order valence-corrected chi connectivity index (χ4v) is 4.43. The van der Waals surface area contributed by atoms with Crippen molar-refractivity contribution in [3.05, 3.63) is 23.8 Å². The van der Waals surface area contributed by atoms with Gasteiger partial charge in [0.15, 0.2) is 11.6 Å². The number of hydrogen-bond donors (Lipinski definition) is 1. The predicted molar refractivity (Wildman–Crippen MR) is 121 cm³/mol. The van der Waals surface area contributed by atoms with Crippen LogP contribution in [0, 0.1) is 23.0 Å². The molecular weight excluding hydrogens is 433 g/mol. The first kappa shape index (κ1) is 25.0. The summed E-state index contributed by atoms with van der Waals surface area (Å²) in [5.74, 6) is -1.50. The smallest absolute Gasteiger partial charge is 0.318 e. The molecule has 3 heterocycles. The van der Waals surface area contributed by atoms with Gasteiger partial charge in [-0.05, 0) is 31.5 Å². The van der Waals surface area contributed by atoms with E-state index < -0.39 is 17.8 Å². The number of fused-ring (bicyclic) bond motifs is 1. The van der Waals surface area contributed by atoms with E-state index in [1.54, 1.807) is 0 Å². The van der Waals surface area contributed by atoms with Gasteiger partial charge in [0.2, 0.25) is 0 Å². The molecule has 3 atom stereocenters. The Hall–Kier alpha value is -2.64. The molecule has 0 bridgehead atoms. The van der Waals surface area contributed by atoms with Gasteiger partial charge in [0.05, 0.1) is 19.6 Å². The number of halogens is 3. The third-order valence-corrected chi connectivity index (χ3v) is 6.15. The number of ether oxygens (including phenoxy) is 1. The molecule has 3 unspecified atom stereocenters. The molecule has 2 saturated heterocycles. The minimum atomic E-state index is -1.02. The summed E-state index contributed by atoms with van der Waals surface area (Å²) < 4.78 is 45.3. The van der Waals surface area contributed by atoms with E-state index in [9.17, 15) is 13.2 Å². The van der Waals surface area contributed by atoms with E-state index in [1.165, 1.54) is 13.2 Å². The molecule has 33 heavy (non-hydrogen) atoms. The van der Waals surface area contributed by atoms with Crippen LogP contribution >= 0.6 is 0 Å². The summed E-state index contributed by atoms with van der Waals surface area (Å²) in [5, 5.41) is 12.5. The molecule has 2 aliphatic heterocycles. The Kier molecular flexibility index (Phi) is 8.69. The number of aromatic nitrogens is 2. The van der Waals surface area contributed by atoms with Gasteiger partial charge in [-0.25, -0.2) is 13.2 Å². The number of likely N-dealkylation sites (tertiary alicyclic amines) is 1. The van der Waals surface area contributed by atoms with Crippen molar-refractivity contribution in [1.29, 1.82) is 5.26 Å². The molecule has 0 saturated carbocycles. The average Bonchev–Trinajstić information content (AvgIpc) is 3.21. The zero-order valence-electron chi connectivity index (χ0n) is 19.3. The van der Waals surface area contributed by atoms with Crippen LogP contribution in [0.1, 0.15) is 33.1 Å². The molecule has 0 radical (unpaired) electrons. The highest BCUT2D eigenvalue weighted by Gasteiger charge is 2.29. The second kappa shape index (κ2) is 11.5. The number of rotatable bonds is 5. The van der Waals surface area contributed by atoms with Crippen molar-refractivity contribution in [1.82, 2.24) is 20.2 Å². The Morgan fingerprint density at radius 2 is 2.03 bits per heavy atom. The van der Waals surface area contributed by atoms with E-state index in [-0.39, 0.29) is 17.6 Å². The molecule has 7 nitrogen and oxygen atoms in total. The Morgan fingerprint density at radius 3 is 2.67 bits per heavy atom. The second-order valence-electron chi connectivity index (χ2n) is 8.23. The molecule has 10 heteroatoms. The topological polar surface area (TPSA) is 77.3 Å². The number of nitrogens with one attached hydrogen (secondary N) is 1. The highest BCUT2D eigenvalue weighted by Crippen LogP contribution is 2.29. The number of hydrogen-bond acceptors (Lipinski definition) is 7. The van der Waals surface area contributed by atoms with Crippen LogP contribution in [0.5, 0.6) is 6.01 Å². The molecule has 0 amide bonds. The molecule has 1 aromatic carbocycles. The third kappa shape index (κ3) is 5.84. The van der Waals surface area contributed by atoms with Gasteiger partial charge in [0, 0.05) is 43.6 Å². The molecule has 0 spiro atoms. The van der Waals surface area contributed by atoms with Crippen LogP contribution in [0.15, 0.2) is 12.1 Å². The molecule has 2 aromatic rings. The van der Waals surface area contributed by atoms with Crippen LogP contribution in [-0.4, -0.2) is 73.0 Å². The number of methoxy groups -OCH3 is 1. The van der Waals surface area contributed by atoms with Crippen LogP contribution in [0.25, 0.3) is 10.9 Å². The first-order valence-electron chi connectivity index (χ1n) is 11.3. The van der Waals surface area contributed by atoms with Crippen LogP contribution in [0.4, 0.5) is 19.0 Å². The number of alkyl halides is 1. The number of benzene rings is 1. The van der Waals surface area contributed by atoms with Gasteiger partial charge in [-0.3, -0.25) is 4.90 Å². The number of anilines is 1. The van der Waals surface area contributed by atoms with E-state index in [0.29, 0.717) is 49.8 Å². The highest BCUT2D eigenvalue weighted by atomic mass is 19.2. The van der Waals surface area contributed by atoms with Crippen molar-refractivity contribution in [3.63, 3.8) is 0 Å². The minimum Gasteiger partial charge on any atom is -0.467 e. The predicted octanol–water partition coefficient (Wildman–Crippen LogP) is 3.44. The van der Waals surface area contributed by atoms with Crippen LogP contribution in [0.2, 0.25) is 0 Å². The van der Waals surface area contributed by atoms with E-state index in [0.717, 1.165) is 25.5 Å². The monoisotopic (exact) mass is 464 g/mol. The van der Waals surface area contributed by atoms with Crippen molar-refractivity contribution < 1.29 is 17.9 Å². The molecular formula is C23H31F3N6O. The second-order valence-corrected chi connectivity index (χ2v) is 8.23. The first-order valence-corrected chi connectivity index (χ1v) is 11.3. The standard InChI is InChI=1S/C15H15F2N5O.C8H16FN/c1-23-15-20-13-10(2-3-11(16)12(13)17)14(21-15)22-7-6-19-9(8-22)4-5-18;1-3-8-5-7(9)6-10(8)4-2/h2-3,9,19H,4,6-8H2,1H3;7-8H,3-6H2,1-2H3. The van der Waals surface area contributed by atoms with Gasteiger partial charge < -0.3 is 15.0 Å². The number of piperazine rings is 1. The van der Waals surface area contributed by atoms with Gasteiger partial charge in [-0.15, -0.1) is 0 Å². The van der Waals surface area contributed by atoms with Crippen LogP contribution in [-0.2, 0) is 0 Å². The Morgan fingerprint density at radius 1 is 1.24 bits per heavy atom.